The van der Waals surface area contributed by atoms with Gasteiger partial charge in [-0.2, -0.15) is 4.39 Å². The van der Waals surface area contributed by atoms with Gasteiger partial charge in [-0.3, -0.25) is 9.59 Å². The Balaban J connectivity index is 1.45. The lowest BCUT2D eigenvalue weighted by Crippen LogP contribution is -2.55. The van der Waals surface area contributed by atoms with Crippen molar-refractivity contribution < 1.29 is 33.4 Å². The highest BCUT2D eigenvalue weighted by molar-refractivity contribution is 6.34. The van der Waals surface area contributed by atoms with Gasteiger partial charge in [0.15, 0.2) is 0 Å². The Bertz CT molecular complexity index is 1680. The summed E-state index contributed by atoms with van der Waals surface area (Å²) in [7, 11) is 3.12. The van der Waals surface area contributed by atoms with Crippen molar-refractivity contribution >= 4 is 45.9 Å². The van der Waals surface area contributed by atoms with Gasteiger partial charge in [-0.15, -0.1) is 0 Å². The van der Waals surface area contributed by atoms with Crippen molar-refractivity contribution in [1.29, 1.82) is 0 Å². The number of benzene rings is 3. The first-order chi connectivity index (χ1) is 20.1. The van der Waals surface area contributed by atoms with Crippen LogP contribution in [-0.4, -0.2) is 58.4 Å². The number of ether oxygens (including phenoxy) is 2. The summed E-state index contributed by atoms with van der Waals surface area (Å²) in [6.07, 6.45) is 2.61. The number of carbonyl (C=O) groups is 3. The normalized spacial score (nSPS) is 14.9. The van der Waals surface area contributed by atoms with E-state index in [9.17, 15) is 19.5 Å². The summed E-state index contributed by atoms with van der Waals surface area (Å²) in [6, 6.07) is 16.0. The number of para-hydroxylation sites is 2. The summed E-state index contributed by atoms with van der Waals surface area (Å²) in [5.41, 5.74) is 1.67. The molecule has 3 aromatic carbocycles. The van der Waals surface area contributed by atoms with Gasteiger partial charge in [0, 0.05) is 49.7 Å². The first-order valence-corrected chi connectivity index (χ1v) is 13.7. The summed E-state index contributed by atoms with van der Waals surface area (Å²) in [5.74, 6) is -5.54. The molecule has 42 heavy (non-hydrogen) atoms. The Labute approximate surface area is 246 Å². The van der Waals surface area contributed by atoms with Crippen molar-refractivity contribution in [2.45, 2.75) is 25.2 Å². The van der Waals surface area contributed by atoms with Crippen LogP contribution in [0.25, 0.3) is 10.9 Å². The lowest BCUT2D eigenvalue weighted by atomic mass is 10.0. The monoisotopic (exact) mass is 593 g/mol. The van der Waals surface area contributed by atoms with Crippen LogP contribution in [0.3, 0.4) is 0 Å². The predicted molar refractivity (Wildman–Crippen MR) is 156 cm³/mol. The molecule has 1 aromatic heterocycles. The van der Waals surface area contributed by atoms with Crippen molar-refractivity contribution in [2.24, 2.45) is 7.05 Å². The minimum Gasteiger partial charge on any atom is -0.496 e. The third kappa shape index (κ3) is 5.55. The molecule has 218 valence electrons. The van der Waals surface area contributed by atoms with Crippen LogP contribution < -0.4 is 14.8 Å². The van der Waals surface area contributed by atoms with Gasteiger partial charge < -0.3 is 24.5 Å². The van der Waals surface area contributed by atoms with Crippen molar-refractivity contribution in [3.63, 3.8) is 0 Å². The Morgan fingerprint density at radius 3 is 2.50 bits per heavy atom. The molecule has 0 saturated carbocycles. The van der Waals surface area contributed by atoms with E-state index >= 15 is 4.39 Å². The number of fused-ring (bicyclic) bond motifs is 1. The van der Waals surface area contributed by atoms with Gasteiger partial charge in [0.1, 0.15) is 17.1 Å². The number of aromatic carboxylic acids is 1. The second-order valence-corrected chi connectivity index (χ2v) is 10.4. The molecule has 0 spiro atoms. The van der Waals surface area contributed by atoms with Crippen molar-refractivity contribution in [3.8, 4) is 11.5 Å². The predicted octanol–water partition coefficient (Wildman–Crippen LogP) is 5.70. The SMILES string of the molecule is COc1cc(OC(F)(C(=O)Cc2cccc(Cl)c2NC(=O)c2cn(C)c3ccccc23)N2CCCC2)ccc1C(=O)O. The van der Waals surface area contributed by atoms with Gasteiger partial charge in [0.25, 0.3) is 5.91 Å². The molecule has 2 N–H and O–H groups in total. The van der Waals surface area contributed by atoms with E-state index in [2.05, 4.69) is 5.32 Å². The fourth-order valence-corrected chi connectivity index (χ4v) is 5.45. The highest BCUT2D eigenvalue weighted by Crippen LogP contribution is 2.35. The molecule has 5 rings (SSSR count). The number of aromatic nitrogens is 1. The van der Waals surface area contributed by atoms with Crippen molar-refractivity contribution in [2.75, 3.05) is 25.5 Å². The van der Waals surface area contributed by atoms with Gasteiger partial charge in [-0.25, -0.2) is 9.69 Å². The number of alkyl halides is 1. The van der Waals surface area contributed by atoms with E-state index in [4.69, 9.17) is 21.1 Å². The zero-order chi connectivity index (χ0) is 30.0. The maximum absolute atomic E-state index is 16.8. The Morgan fingerprint density at radius 1 is 1.05 bits per heavy atom. The molecule has 1 amide bonds. The Kier molecular flexibility index (Phi) is 8.20. The first kappa shape index (κ1) is 29.1. The lowest BCUT2D eigenvalue weighted by molar-refractivity contribution is -0.191. The van der Waals surface area contributed by atoms with Crippen LogP contribution in [0.4, 0.5) is 10.1 Å². The second kappa shape index (κ2) is 11.8. The number of ketones is 1. The summed E-state index contributed by atoms with van der Waals surface area (Å²) >= 11 is 6.48. The smallest absolute Gasteiger partial charge is 0.371 e. The number of methoxy groups -OCH3 is 1. The first-order valence-electron chi connectivity index (χ1n) is 13.3. The van der Waals surface area contributed by atoms with E-state index in [1.807, 2.05) is 35.9 Å². The van der Waals surface area contributed by atoms with E-state index in [1.54, 1.807) is 24.4 Å². The van der Waals surface area contributed by atoms with Crippen LogP contribution in [0.2, 0.25) is 5.02 Å². The number of nitrogens with one attached hydrogen (secondary N) is 1. The zero-order valence-electron chi connectivity index (χ0n) is 23.0. The van der Waals surface area contributed by atoms with Crippen molar-refractivity contribution in [1.82, 2.24) is 9.47 Å². The molecule has 1 unspecified atom stereocenters. The van der Waals surface area contributed by atoms with Crippen LogP contribution in [0.1, 0.15) is 39.1 Å². The van der Waals surface area contributed by atoms with Gasteiger partial charge in [-0.05, 0) is 42.7 Å². The van der Waals surface area contributed by atoms with Gasteiger partial charge in [0.2, 0.25) is 5.78 Å². The summed E-state index contributed by atoms with van der Waals surface area (Å²) < 4.78 is 29.4. The number of carboxylic acid groups (broad SMARTS) is 1. The molecule has 0 radical (unpaired) electrons. The number of rotatable bonds is 10. The van der Waals surface area contributed by atoms with E-state index < -0.39 is 30.1 Å². The highest BCUT2D eigenvalue weighted by atomic mass is 35.5. The van der Waals surface area contributed by atoms with Crippen LogP contribution >= 0.6 is 11.6 Å². The number of likely N-dealkylation sites (tertiary alicyclic amines) is 1. The molecule has 1 aliphatic rings. The van der Waals surface area contributed by atoms with Gasteiger partial charge >= 0.3 is 11.9 Å². The van der Waals surface area contributed by atoms with Crippen LogP contribution in [-0.2, 0) is 18.3 Å². The zero-order valence-corrected chi connectivity index (χ0v) is 23.8. The summed E-state index contributed by atoms with van der Waals surface area (Å²) in [6.45, 7) is 0.569. The van der Waals surface area contributed by atoms with E-state index in [1.165, 1.54) is 30.2 Å². The summed E-state index contributed by atoms with van der Waals surface area (Å²) in [5, 5.41) is 13.1. The van der Waals surface area contributed by atoms with Gasteiger partial charge in [-0.1, -0.05) is 41.9 Å². The van der Waals surface area contributed by atoms with Crippen LogP contribution in [0.5, 0.6) is 11.5 Å². The van der Waals surface area contributed by atoms with E-state index in [0.29, 0.717) is 24.0 Å². The Hall–Kier alpha value is -4.41. The molecular weight excluding hydrogens is 565 g/mol. The minimum absolute atomic E-state index is 0.0375. The summed E-state index contributed by atoms with van der Waals surface area (Å²) in [4.78, 5) is 39.9. The molecule has 1 saturated heterocycles. The molecule has 1 fully saturated rings. The number of anilines is 1. The topological polar surface area (TPSA) is 110 Å². The van der Waals surface area contributed by atoms with E-state index in [0.717, 1.165) is 10.9 Å². The average molecular weight is 594 g/mol. The standard InChI is InChI=1S/C31H29ClFN3O6/c1-35-18-23(21-9-3-4-11-25(21)35)29(38)34-28-19(8-7-10-24(28)32)16-27(37)31(33,36-14-5-6-15-36)42-20-12-13-22(30(39)40)26(17-20)41-2/h3-4,7-13,17-18H,5-6,14-16H2,1-2H3,(H,34,38)(H,39,40). The molecular formula is C31H29ClFN3O6. The minimum atomic E-state index is -2.87. The third-order valence-electron chi connectivity index (χ3n) is 7.34. The number of hydrogen-bond acceptors (Lipinski definition) is 6. The van der Waals surface area contributed by atoms with Crippen molar-refractivity contribution in [3.05, 3.63) is 88.6 Å². The molecule has 1 aliphatic heterocycles. The molecule has 0 bridgehead atoms. The fourth-order valence-electron chi connectivity index (χ4n) is 5.21. The Morgan fingerprint density at radius 2 is 1.79 bits per heavy atom. The lowest BCUT2D eigenvalue weighted by Gasteiger charge is -2.33. The number of carboxylic acids is 1. The highest BCUT2D eigenvalue weighted by Gasteiger charge is 2.48. The average Bonchev–Trinajstić information content (AvgIpc) is 3.64. The maximum atomic E-state index is 16.8. The number of Topliss-reactive ketones (excluding diaryl/α,β-unsaturated/α-hetero) is 1. The second-order valence-electron chi connectivity index (χ2n) is 10.0. The molecule has 1 atom stereocenters. The molecule has 4 aromatic rings. The van der Waals surface area contributed by atoms with Crippen LogP contribution in [0.15, 0.2) is 66.9 Å². The number of nitrogens with zero attached hydrogens (tertiary/aromatic N) is 2. The van der Waals surface area contributed by atoms with E-state index in [-0.39, 0.29) is 40.9 Å². The number of aryl methyl sites for hydroxylation is 1. The quantitative estimate of drug-likeness (QED) is 0.227. The van der Waals surface area contributed by atoms with Crippen LogP contribution in [0, 0.1) is 0 Å². The fraction of sp³-hybridized carbons (Fsp3) is 0.258. The number of amides is 1. The molecule has 9 nitrogen and oxygen atoms in total. The molecule has 0 aliphatic carbocycles. The number of carbonyl (C=O) groups excluding carboxylic acids is 2. The molecule has 2 heterocycles. The van der Waals surface area contributed by atoms with Gasteiger partial charge in [0.05, 0.1) is 23.4 Å². The largest absolute Gasteiger partial charge is 0.496 e. The number of halogens is 2. The third-order valence-corrected chi connectivity index (χ3v) is 7.66. The molecule has 11 heteroatoms. The maximum Gasteiger partial charge on any atom is 0.371 e. The number of hydrogen-bond donors (Lipinski definition) is 2.